The van der Waals surface area contributed by atoms with Gasteiger partial charge in [-0.2, -0.15) is 0 Å². The SMILES string of the molecule is CC#CC#CC=C1O[C@]2(CCC(OC(=O)CC(C)C)CO2)[C@@H]2O[C@H]12. The van der Waals surface area contributed by atoms with Gasteiger partial charge in [-0.25, -0.2) is 0 Å². The number of esters is 1. The van der Waals surface area contributed by atoms with Crippen molar-refractivity contribution in [2.24, 2.45) is 5.92 Å². The maximum Gasteiger partial charge on any atom is 0.306 e. The van der Waals surface area contributed by atoms with Crippen molar-refractivity contribution in [3.63, 3.8) is 0 Å². The first-order valence-corrected chi connectivity index (χ1v) is 8.34. The minimum absolute atomic E-state index is 0.0751. The molecule has 3 saturated heterocycles. The van der Waals surface area contributed by atoms with Gasteiger partial charge in [-0.05, 0) is 31.1 Å². The average molecular weight is 330 g/mol. The van der Waals surface area contributed by atoms with Crippen molar-refractivity contribution >= 4 is 5.97 Å². The first-order valence-electron chi connectivity index (χ1n) is 8.34. The molecule has 0 saturated carbocycles. The van der Waals surface area contributed by atoms with Crippen molar-refractivity contribution in [3.8, 4) is 23.7 Å². The van der Waals surface area contributed by atoms with E-state index < -0.39 is 5.79 Å². The first kappa shape index (κ1) is 16.9. The van der Waals surface area contributed by atoms with Gasteiger partial charge in [0.1, 0.15) is 18.0 Å². The van der Waals surface area contributed by atoms with Crippen LogP contribution in [0.4, 0.5) is 0 Å². The number of fused-ring (bicyclic) bond motifs is 2. The van der Waals surface area contributed by atoms with Crippen LogP contribution in [0.2, 0.25) is 0 Å². The summed E-state index contributed by atoms with van der Waals surface area (Å²) < 4.78 is 23.0. The Balaban J connectivity index is 1.54. The molecule has 24 heavy (non-hydrogen) atoms. The van der Waals surface area contributed by atoms with Crippen LogP contribution in [-0.2, 0) is 23.7 Å². The number of rotatable bonds is 3. The molecule has 0 bridgehead atoms. The van der Waals surface area contributed by atoms with Gasteiger partial charge in [0.25, 0.3) is 0 Å². The van der Waals surface area contributed by atoms with Crippen molar-refractivity contribution in [3.05, 3.63) is 11.8 Å². The van der Waals surface area contributed by atoms with Crippen LogP contribution >= 0.6 is 0 Å². The van der Waals surface area contributed by atoms with Crippen LogP contribution in [0.15, 0.2) is 11.8 Å². The van der Waals surface area contributed by atoms with Gasteiger partial charge in [0.05, 0.1) is 6.61 Å². The fraction of sp³-hybridized carbons (Fsp3) is 0.632. The van der Waals surface area contributed by atoms with Crippen LogP contribution in [0.25, 0.3) is 0 Å². The fourth-order valence-corrected chi connectivity index (χ4v) is 3.01. The highest BCUT2D eigenvalue weighted by molar-refractivity contribution is 5.69. The Morgan fingerprint density at radius 2 is 2.29 bits per heavy atom. The van der Waals surface area contributed by atoms with Crippen LogP contribution in [0, 0.1) is 29.6 Å². The van der Waals surface area contributed by atoms with Crippen LogP contribution < -0.4 is 0 Å². The summed E-state index contributed by atoms with van der Waals surface area (Å²) in [7, 11) is 0. The molecule has 0 aliphatic carbocycles. The molecule has 0 aromatic carbocycles. The zero-order chi connectivity index (χ0) is 17.2. The minimum Gasteiger partial charge on any atom is -0.460 e. The zero-order valence-corrected chi connectivity index (χ0v) is 14.3. The van der Waals surface area contributed by atoms with Crippen LogP contribution in [0.3, 0.4) is 0 Å². The molecule has 128 valence electrons. The van der Waals surface area contributed by atoms with E-state index in [-0.39, 0.29) is 24.3 Å². The van der Waals surface area contributed by atoms with Gasteiger partial charge in [0.2, 0.25) is 5.79 Å². The Kier molecular flexibility index (Phi) is 4.85. The second kappa shape index (κ2) is 6.89. The van der Waals surface area contributed by atoms with Crippen LogP contribution in [0.1, 0.15) is 40.0 Å². The van der Waals surface area contributed by atoms with Crippen molar-refractivity contribution in [1.29, 1.82) is 0 Å². The topological polar surface area (TPSA) is 57.3 Å². The first-order chi connectivity index (χ1) is 11.5. The highest BCUT2D eigenvalue weighted by atomic mass is 16.8. The van der Waals surface area contributed by atoms with E-state index in [0.29, 0.717) is 37.5 Å². The highest BCUT2D eigenvalue weighted by Crippen LogP contribution is 2.52. The molecular formula is C19H22O5. The van der Waals surface area contributed by atoms with Crippen molar-refractivity contribution < 1.29 is 23.7 Å². The predicted molar refractivity (Wildman–Crippen MR) is 86.3 cm³/mol. The third-order valence-electron chi connectivity index (χ3n) is 4.17. The van der Waals surface area contributed by atoms with Crippen molar-refractivity contribution in [2.75, 3.05) is 6.61 Å². The second-order valence-corrected chi connectivity index (χ2v) is 6.64. The molecule has 3 heterocycles. The van der Waals surface area contributed by atoms with E-state index in [1.165, 1.54) is 0 Å². The molecule has 1 spiro atoms. The maximum atomic E-state index is 11.8. The van der Waals surface area contributed by atoms with E-state index in [2.05, 4.69) is 23.7 Å². The molecule has 0 radical (unpaired) electrons. The van der Waals surface area contributed by atoms with Gasteiger partial charge in [-0.15, -0.1) is 0 Å². The lowest BCUT2D eigenvalue weighted by Crippen LogP contribution is -2.46. The summed E-state index contributed by atoms with van der Waals surface area (Å²) in [6.45, 7) is 6.06. The summed E-state index contributed by atoms with van der Waals surface area (Å²) >= 11 is 0. The van der Waals surface area contributed by atoms with E-state index in [1.807, 2.05) is 13.8 Å². The summed E-state index contributed by atoms with van der Waals surface area (Å²) in [4.78, 5) is 11.8. The Morgan fingerprint density at radius 3 is 2.96 bits per heavy atom. The molecule has 0 aromatic heterocycles. The quantitative estimate of drug-likeness (QED) is 0.451. The van der Waals surface area contributed by atoms with Gasteiger partial charge >= 0.3 is 5.97 Å². The van der Waals surface area contributed by atoms with Crippen molar-refractivity contribution in [2.45, 2.75) is 64.1 Å². The molecule has 0 aromatic rings. The molecule has 3 fully saturated rings. The molecule has 0 N–H and O–H groups in total. The number of hydrogen-bond acceptors (Lipinski definition) is 5. The number of carbonyl (C=O) groups excluding carboxylic acids is 1. The summed E-state index contributed by atoms with van der Waals surface area (Å²) in [5, 5.41) is 0. The minimum atomic E-state index is -0.754. The monoisotopic (exact) mass is 330 g/mol. The average Bonchev–Trinajstić information content (AvgIpc) is 3.28. The summed E-state index contributed by atoms with van der Waals surface area (Å²) in [6.07, 6.45) is 3.09. The smallest absolute Gasteiger partial charge is 0.306 e. The van der Waals surface area contributed by atoms with Crippen LogP contribution in [-0.4, -0.2) is 36.7 Å². The van der Waals surface area contributed by atoms with Gasteiger partial charge < -0.3 is 18.9 Å². The molecule has 5 heteroatoms. The molecular weight excluding hydrogens is 308 g/mol. The van der Waals surface area contributed by atoms with Gasteiger partial charge in [0.15, 0.2) is 6.10 Å². The number of epoxide rings is 1. The molecule has 1 unspecified atom stereocenters. The molecule has 3 rings (SSSR count). The Bertz CT molecular complexity index is 647. The Hall–Kier alpha value is -1.95. The Labute approximate surface area is 142 Å². The van der Waals surface area contributed by atoms with Crippen molar-refractivity contribution in [1.82, 2.24) is 0 Å². The summed E-state index contributed by atoms with van der Waals surface area (Å²) in [5.41, 5.74) is 0. The van der Waals surface area contributed by atoms with Gasteiger partial charge in [-0.1, -0.05) is 25.7 Å². The largest absolute Gasteiger partial charge is 0.460 e. The van der Waals surface area contributed by atoms with Gasteiger partial charge in [0, 0.05) is 18.9 Å². The lowest BCUT2D eigenvalue weighted by molar-refractivity contribution is -0.260. The lowest BCUT2D eigenvalue weighted by Gasteiger charge is -2.36. The van der Waals surface area contributed by atoms with E-state index in [0.717, 1.165) is 0 Å². The molecule has 3 aliphatic rings. The standard InChI is InChI=1S/C19H22O5/c1-4-5-6-7-8-15-17-18(23-17)19(24-15)10-9-14(12-21-19)22-16(20)11-13(2)3/h8,13-14,17-18H,9-12H2,1-3H3/t14?,17-,18-,19-/m1/s1. The third-order valence-corrected chi connectivity index (χ3v) is 4.17. The molecule has 5 nitrogen and oxygen atoms in total. The number of hydrogen-bond donors (Lipinski definition) is 0. The van der Waals surface area contributed by atoms with E-state index >= 15 is 0 Å². The van der Waals surface area contributed by atoms with E-state index in [9.17, 15) is 4.79 Å². The second-order valence-electron chi connectivity index (χ2n) is 6.64. The zero-order valence-electron chi connectivity index (χ0n) is 14.3. The Morgan fingerprint density at radius 1 is 1.46 bits per heavy atom. The highest BCUT2D eigenvalue weighted by Gasteiger charge is 2.67. The number of allylic oxidation sites excluding steroid dienone is 1. The third kappa shape index (κ3) is 3.59. The molecule has 3 aliphatic heterocycles. The maximum absolute atomic E-state index is 11.8. The van der Waals surface area contributed by atoms with Crippen LogP contribution in [0.5, 0.6) is 0 Å². The van der Waals surface area contributed by atoms with E-state index in [4.69, 9.17) is 18.9 Å². The number of carbonyl (C=O) groups is 1. The normalized spacial score (nSPS) is 34.7. The van der Waals surface area contributed by atoms with E-state index in [1.54, 1.807) is 13.0 Å². The summed E-state index contributed by atoms with van der Waals surface area (Å²) in [6, 6.07) is 0. The number of ether oxygens (including phenoxy) is 4. The fourth-order valence-electron chi connectivity index (χ4n) is 3.01. The van der Waals surface area contributed by atoms with Gasteiger partial charge in [-0.3, -0.25) is 4.79 Å². The lowest BCUT2D eigenvalue weighted by atomic mass is 10.0. The predicted octanol–water partition coefficient (Wildman–Crippen LogP) is 2.16. The molecule has 0 amide bonds. The summed E-state index contributed by atoms with van der Waals surface area (Å²) in [5.74, 6) is 11.0. The molecule has 4 atom stereocenters.